The normalized spacial score (nSPS) is 10.6. The van der Waals surface area contributed by atoms with E-state index in [-0.39, 0.29) is 23.9 Å². The number of hydrogen-bond donors (Lipinski definition) is 5. The highest BCUT2D eigenvalue weighted by Gasteiger charge is 2.13. The van der Waals surface area contributed by atoms with E-state index in [9.17, 15) is 14.0 Å². The molecule has 0 fully saturated rings. The molecule has 0 aliphatic rings. The second kappa shape index (κ2) is 25.2. The van der Waals surface area contributed by atoms with Crippen LogP contribution in [0, 0.1) is 27.7 Å². The third-order valence-corrected chi connectivity index (χ3v) is 11.2. The minimum absolute atomic E-state index is 0. The first kappa shape index (κ1) is 52.7. The smallest absolute Gasteiger partial charge is 0.335 e. The third-order valence-electron chi connectivity index (χ3n) is 10.2. The summed E-state index contributed by atoms with van der Waals surface area (Å²) in [6, 6.07) is 21.3. The van der Waals surface area contributed by atoms with Gasteiger partial charge in [-0.05, 0) is 134 Å². The van der Waals surface area contributed by atoms with E-state index in [4.69, 9.17) is 70.1 Å². The van der Waals surface area contributed by atoms with Crippen molar-refractivity contribution in [2.75, 3.05) is 18.6 Å². The Morgan fingerprint density at radius 2 is 1.12 bits per heavy atom. The molecule has 6 heterocycles. The van der Waals surface area contributed by atoms with Gasteiger partial charge in [0.2, 0.25) is 0 Å². The molecule has 0 unspecified atom stereocenters. The van der Waals surface area contributed by atoms with Gasteiger partial charge in [0.25, 0.3) is 5.91 Å². The minimum atomic E-state index is -1.00. The Morgan fingerprint density at radius 3 is 1.56 bits per heavy atom. The number of halogens is 6. The van der Waals surface area contributed by atoms with E-state index in [1.807, 2.05) is 58.0 Å². The van der Waals surface area contributed by atoms with Gasteiger partial charge in [0.1, 0.15) is 11.6 Å². The van der Waals surface area contributed by atoms with Gasteiger partial charge < -0.3 is 27.6 Å². The summed E-state index contributed by atoms with van der Waals surface area (Å²) in [6.07, 6.45) is 7.23. The lowest BCUT2D eigenvalue weighted by Gasteiger charge is -2.12. The molecule has 0 saturated heterocycles. The highest BCUT2D eigenvalue weighted by Crippen LogP contribution is 2.28. The molecular weight excluding hydrogens is 973 g/mol. The molecule has 8 aromatic rings. The second-order valence-corrected chi connectivity index (χ2v) is 16.8. The number of carboxylic acids is 1. The maximum absolute atomic E-state index is 12.8. The number of amides is 1. The summed E-state index contributed by atoms with van der Waals surface area (Å²) < 4.78 is 15.5. The van der Waals surface area contributed by atoms with Gasteiger partial charge in [0, 0.05) is 89.8 Å². The maximum Gasteiger partial charge on any atom is 0.335 e. The zero-order valence-electron chi connectivity index (χ0n) is 38.3. The number of alkyl halides is 1. The van der Waals surface area contributed by atoms with Crippen LogP contribution in [-0.4, -0.2) is 54.0 Å². The molecule has 0 bridgehead atoms. The molecule has 8 N–H and O–H groups in total. The topological polar surface area (TPSA) is 222 Å². The zero-order chi connectivity index (χ0) is 49.7. The van der Waals surface area contributed by atoms with Gasteiger partial charge in [-0.15, -0.1) is 12.4 Å². The first-order valence-corrected chi connectivity index (χ1v) is 21.8. The predicted octanol–water partition coefficient (Wildman–Crippen LogP) is 11.0. The number of nitrogens with one attached hydrogen (secondary N) is 1. The van der Waals surface area contributed by atoms with Crippen molar-refractivity contribution in [3.63, 3.8) is 0 Å². The molecule has 68 heavy (non-hydrogen) atoms. The van der Waals surface area contributed by atoms with E-state index < -0.39 is 13.1 Å². The Labute approximate surface area is 420 Å². The molecule has 0 atom stereocenters. The number of hydrogen-bond acceptors (Lipinski definition) is 11. The van der Waals surface area contributed by atoms with Crippen molar-refractivity contribution >= 4 is 104 Å². The van der Waals surface area contributed by atoms with Crippen molar-refractivity contribution < 1.29 is 20.5 Å². The monoisotopic (exact) mass is 1020 g/mol. The number of aromatic carboxylic acids is 1. The number of benzene rings is 2. The van der Waals surface area contributed by atoms with Crippen LogP contribution in [-0.2, 0) is 25.9 Å². The molecule has 13 nitrogen and oxygen atoms in total. The van der Waals surface area contributed by atoms with Gasteiger partial charge in [-0.2, -0.15) is 0 Å². The Balaban J connectivity index is 0.000000241. The van der Waals surface area contributed by atoms with Gasteiger partial charge in [-0.1, -0.05) is 46.4 Å². The number of pyridine rings is 6. The Kier molecular flexibility index (Phi) is 19.5. The van der Waals surface area contributed by atoms with Gasteiger partial charge in [-0.25, -0.2) is 14.8 Å². The first-order valence-electron chi connectivity index (χ1n) is 21.0. The van der Waals surface area contributed by atoms with Gasteiger partial charge in [0.15, 0.2) is 0 Å². The van der Waals surface area contributed by atoms with E-state index in [0.717, 1.165) is 61.2 Å². The van der Waals surface area contributed by atoms with Crippen LogP contribution in [0.1, 0.15) is 78.2 Å². The van der Waals surface area contributed by atoms with Crippen LogP contribution >= 0.6 is 58.8 Å². The Hall–Kier alpha value is -6.26. The number of aryl methyl sites for hydroxylation is 4. The summed E-state index contributed by atoms with van der Waals surface area (Å²) in [5, 5.41) is 15.8. The molecule has 0 aliphatic heterocycles. The molecule has 1 amide bonds. The van der Waals surface area contributed by atoms with Crippen LogP contribution in [0.3, 0.4) is 0 Å². The molecule has 354 valence electrons. The van der Waals surface area contributed by atoms with Crippen LogP contribution in [0.2, 0.25) is 20.1 Å². The molecule has 8 rings (SSSR count). The fourth-order valence-corrected chi connectivity index (χ4v) is 8.07. The van der Waals surface area contributed by atoms with Crippen molar-refractivity contribution in [2.24, 2.45) is 5.73 Å². The van der Waals surface area contributed by atoms with Crippen molar-refractivity contribution in [3.8, 4) is 0 Å². The lowest BCUT2D eigenvalue weighted by Crippen LogP contribution is -2.24. The third kappa shape index (κ3) is 14.6. The molecule has 19 heteroatoms. The van der Waals surface area contributed by atoms with Crippen molar-refractivity contribution in [1.82, 2.24) is 35.2 Å². The van der Waals surface area contributed by atoms with Gasteiger partial charge >= 0.3 is 5.97 Å². The van der Waals surface area contributed by atoms with Crippen LogP contribution in [0.4, 0.5) is 16.0 Å². The van der Waals surface area contributed by atoms with Crippen LogP contribution < -0.4 is 22.5 Å². The van der Waals surface area contributed by atoms with E-state index in [1.54, 1.807) is 55.0 Å². The summed E-state index contributed by atoms with van der Waals surface area (Å²) in [5.74, 6) is -0.120. The van der Waals surface area contributed by atoms with Crippen molar-refractivity contribution in [2.45, 2.75) is 53.6 Å². The average Bonchev–Trinajstić information content (AvgIpc) is 3.26. The van der Waals surface area contributed by atoms with Crippen LogP contribution in [0.15, 0.2) is 97.6 Å². The molecule has 0 aliphatic carbocycles. The first-order chi connectivity index (χ1) is 32.4. The number of nitrogen functional groups attached to an aromatic ring is 2. The Morgan fingerprint density at radius 1 is 0.676 bits per heavy atom. The number of carboxylic acid groups (broad SMARTS) is 1. The minimum Gasteiger partial charge on any atom is -0.478 e. The number of nitrogens with zero attached hydrogens (tertiary/aromatic N) is 6. The molecule has 6 aromatic heterocycles. The summed E-state index contributed by atoms with van der Waals surface area (Å²) in [7, 11) is -1.00. The summed E-state index contributed by atoms with van der Waals surface area (Å²) >= 11 is 24.7. The Bertz CT molecular complexity index is 3070. The van der Waals surface area contributed by atoms with Crippen molar-refractivity contribution in [1.29, 1.82) is 0 Å². The fourth-order valence-electron chi connectivity index (χ4n) is 7.14. The van der Waals surface area contributed by atoms with Gasteiger partial charge in [-0.3, -0.25) is 29.1 Å². The van der Waals surface area contributed by atoms with Crippen LogP contribution in [0.5, 0.6) is 0 Å². The van der Waals surface area contributed by atoms with E-state index in [1.165, 1.54) is 12.3 Å². The summed E-state index contributed by atoms with van der Waals surface area (Å²) in [5.41, 5.74) is 28.1. The lowest BCUT2D eigenvalue weighted by atomic mass is 10.0. The molecule has 0 spiro atoms. The zero-order valence-corrected chi connectivity index (χ0v) is 41.1. The summed E-state index contributed by atoms with van der Waals surface area (Å²) in [6.45, 7) is 8.65. The summed E-state index contributed by atoms with van der Waals surface area (Å²) in [4.78, 5) is 49.2. The predicted molar refractivity (Wildman–Crippen MR) is 274 cm³/mol. The van der Waals surface area contributed by atoms with Gasteiger partial charge in [0.05, 0.1) is 45.2 Å². The van der Waals surface area contributed by atoms with Crippen molar-refractivity contribution in [3.05, 3.63) is 185 Å². The number of aromatic nitrogens is 6. The molecule has 0 radical (unpaired) electrons. The maximum atomic E-state index is 12.8. The van der Waals surface area contributed by atoms with E-state index >= 15 is 0 Å². The largest absolute Gasteiger partial charge is 0.478 e. The quantitative estimate of drug-likeness (QED) is 0.0911. The number of anilines is 2. The lowest BCUT2D eigenvalue weighted by molar-refractivity contribution is 0.0696. The highest BCUT2D eigenvalue weighted by atomic mass is 35.5. The molecular formula is C49H48Cl5FN10O3. The number of rotatable bonds is 9. The van der Waals surface area contributed by atoms with Crippen LogP contribution in [0.25, 0.3) is 21.8 Å². The second-order valence-electron chi connectivity index (χ2n) is 15.1. The SMILES string of the molecule is Cc1cc(N)nc(C)c1CN.Cc1cc(N)nc(C)c1CNC(=O)c1ccnc(Cc2cc(Cl)c3ncc(Cl)cc3c2)c1.Cl.O=C(O)c1ccnc(Cc2cc(Cl)c3ncc(Cl)cc3c2)c1.[2H]CF. The average molecular weight is 1020 g/mol. The van der Waals surface area contributed by atoms with E-state index in [2.05, 4.69) is 35.2 Å². The fraction of sp³-hybridized carbons (Fsp3) is 0.184. The van der Waals surface area contributed by atoms with E-state index in [0.29, 0.717) is 79.9 Å². The highest BCUT2D eigenvalue weighted by molar-refractivity contribution is 6.36. The number of carbonyl (C=O) groups excluding carboxylic acids is 1. The standard InChI is InChI=1S/C24H21Cl2N5O.C16H10Cl2N2O2.C8H13N3.CH3F.ClH/c1-13-5-22(27)31-14(2)20(13)12-30-24(32)16-3-4-28-19(10-16)7-15-6-17-9-18(25)11-29-23(17)21(26)8-15;17-12-6-11-3-9(5-14(18)15(11)20-8-12)4-13-7-10(16(21)22)1-2-19-13;1-5-3-8(10)11-6(2)7(5)4-9;1-2;/h3-6,8-11H,7,12H2,1-2H3,(H2,27,31)(H,30,32);1-3,5-8H,4H2,(H,21,22);3H,4,9H2,1-2H3,(H2,10,11);1H3;1H/i;;;1D;. The number of nitrogens with two attached hydrogens (primary N) is 3. The number of fused-ring (bicyclic) bond motifs is 2. The molecule has 0 saturated carbocycles. The number of carbonyl (C=O) groups is 2. The molecule has 2 aromatic carbocycles.